The van der Waals surface area contributed by atoms with Crippen LogP contribution in [0.5, 0.6) is 0 Å². The van der Waals surface area contributed by atoms with Gasteiger partial charge in [0.1, 0.15) is 0 Å². The highest BCUT2D eigenvalue weighted by atomic mass is 15.2. The van der Waals surface area contributed by atoms with Crippen LogP contribution in [0.1, 0.15) is 31.4 Å². The summed E-state index contributed by atoms with van der Waals surface area (Å²) < 4.78 is 0. The molecule has 0 amide bonds. The molecular weight excluding hydrogens is 234 g/mol. The van der Waals surface area contributed by atoms with Gasteiger partial charge in [0, 0.05) is 51.0 Å². The van der Waals surface area contributed by atoms with Crippen molar-refractivity contribution < 1.29 is 0 Å². The highest BCUT2D eigenvalue weighted by Crippen LogP contribution is 2.25. The molecule has 3 nitrogen and oxygen atoms in total. The molecule has 1 N–H and O–H groups in total. The minimum atomic E-state index is 0.537. The van der Waals surface area contributed by atoms with Crippen LogP contribution in [0, 0.1) is 0 Å². The smallest absolute Gasteiger partial charge is 0.0366 e. The maximum absolute atomic E-state index is 3.42. The molecule has 2 aliphatic rings. The molecule has 0 aliphatic carbocycles. The standard InChI is InChI=1S/C16H25N3/c1-14(18-12-8-17-9-13-18)15-4-6-16(7-5-15)19-10-2-3-11-19/h4-7,14,17H,2-3,8-13H2,1H3/t14-/m1/s1. The second-order valence-corrected chi connectivity index (χ2v) is 5.75. The molecule has 1 aromatic carbocycles. The third-order valence-corrected chi connectivity index (χ3v) is 4.55. The molecule has 2 fully saturated rings. The summed E-state index contributed by atoms with van der Waals surface area (Å²) in [7, 11) is 0. The van der Waals surface area contributed by atoms with Crippen LogP contribution in [0.15, 0.2) is 24.3 Å². The molecule has 3 heteroatoms. The van der Waals surface area contributed by atoms with Crippen LogP contribution < -0.4 is 10.2 Å². The number of hydrogen-bond acceptors (Lipinski definition) is 3. The maximum Gasteiger partial charge on any atom is 0.0366 e. The van der Waals surface area contributed by atoms with Crippen LogP contribution >= 0.6 is 0 Å². The van der Waals surface area contributed by atoms with Gasteiger partial charge in [-0.2, -0.15) is 0 Å². The first kappa shape index (κ1) is 12.9. The fourth-order valence-electron chi connectivity index (χ4n) is 3.22. The van der Waals surface area contributed by atoms with E-state index in [9.17, 15) is 0 Å². The Morgan fingerprint density at radius 3 is 2.21 bits per heavy atom. The van der Waals surface area contributed by atoms with Gasteiger partial charge in [-0.25, -0.2) is 0 Å². The summed E-state index contributed by atoms with van der Waals surface area (Å²) in [5.41, 5.74) is 2.85. The Labute approximate surface area is 116 Å². The third kappa shape index (κ3) is 2.93. The van der Waals surface area contributed by atoms with Gasteiger partial charge in [-0.05, 0) is 37.5 Å². The number of nitrogens with zero attached hydrogens (tertiary/aromatic N) is 2. The van der Waals surface area contributed by atoms with Gasteiger partial charge >= 0.3 is 0 Å². The molecule has 2 saturated heterocycles. The summed E-state index contributed by atoms with van der Waals surface area (Å²) >= 11 is 0. The van der Waals surface area contributed by atoms with Gasteiger partial charge in [0.2, 0.25) is 0 Å². The molecule has 2 aliphatic heterocycles. The van der Waals surface area contributed by atoms with Crippen LogP contribution in [-0.2, 0) is 0 Å². The minimum absolute atomic E-state index is 0.537. The topological polar surface area (TPSA) is 18.5 Å². The zero-order valence-corrected chi connectivity index (χ0v) is 11.9. The van der Waals surface area contributed by atoms with Crippen LogP contribution in [0.3, 0.4) is 0 Å². The van der Waals surface area contributed by atoms with Crippen molar-refractivity contribution in [1.29, 1.82) is 0 Å². The first-order valence-electron chi connectivity index (χ1n) is 7.64. The second kappa shape index (κ2) is 5.93. The van der Waals surface area contributed by atoms with E-state index in [1.165, 1.54) is 37.2 Å². The van der Waals surface area contributed by atoms with Crippen molar-refractivity contribution in [3.63, 3.8) is 0 Å². The van der Waals surface area contributed by atoms with E-state index in [2.05, 4.69) is 46.3 Å². The average Bonchev–Trinajstić information content (AvgIpc) is 3.02. The maximum atomic E-state index is 3.42. The third-order valence-electron chi connectivity index (χ3n) is 4.55. The van der Waals surface area contributed by atoms with Gasteiger partial charge in [0.05, 0.1) is 0 Å². The Bertz CT molecular complexity index is 389. The molecule has 0 unspecified atom stereocenters. The van der Waals surface area contributed by atoms with Crippen LogP contribution in [0.25, 0.3) is 0 Å². The quantitative estimate of drug-likeness (QED) is 0.898. The minimum Gasteiger partial charge on any atom is -0.372 e. The molecule has 0 saturated carbocycles. The molecule has 2 heterocycles. The molecule has 0 spiro atoms. The van der Waals surface area contributed by atoms with Gasteiger partial charge in [-0.3, -0.25) is 4.90 Å². The summed E-state index contributed by atoms with van der Waals surface area (Å²) in [5.74, 6) is 0. The molecule has 0 bridgehead atoms. The van der Waals surface area contributed by atoms with Crippen molar-refractivity contribution in [2.24, 2.45) is 0 Å². The summed E-state index contributed by atoms with van der Waals surface area (Å²) in [6, 6.07) is 9.79. The lowest BCUT2D eigenvalue weighted by molar-refractivity contribution is 0.185. The highest BCUT2D eigenvalue weighted by Gasteiger charge is 2.18. The first-order valence-corrected chi connectivity index (χ1v) is 7.64. The Morgan fingerprint density at radius 2 is 1.58 bits per heavy atom. The van der Waals surface area contributed by atoms with E-state index in [1.54, 1.807) is 0 Å². The zero-order chi connectivity index (χ0) is 13.1. The fourth-order valence-corrected chi connectivity index (χ4v) is 3.22. The molecule has 1 atom stereocenters. The highest BCUT2D eigenvalue weighted by molar-refractivity contribution is 5.48. The molecule has 3 rings (SSSR count). The van der Waals surface area contributed by atoms with Gasteiger partial charge in [0.25, 0.3) is 0 Å². The van der Waals surface area contributed by atoms with Crippen molar-refractivity contribution in [3.05, 3.63) is 29.8 Å². The molecule has 0 radical (unpaired) electrons. The van der Waals surface area contributed by atoms with Crippen molar-refractivity contribution in [2.75, 3.05) is 44.2 Å². The zero-order valence-electron chi connectivity index (χ0n) is 11.9. The van der Waals surface area contributed by atoms with E-state index < -0.39 is 0 Å². The lowest BCUT2D eigenvalue weighted by atomic mass is 10.1. The van der Waals surface area contributed by atoms with E-state index >= 15 is 0 Å². The average molecular weight is 259 g/mol. The number of nitrogens with one attached hydrogen (secondary N) is 1. The van der Waals surface area contributed by atoms with Gasteiger partial charge in [-0.15, -0.1) is 0 Å². The molecule has 19 heavy (non-hydrogen) atoms. The van der Waals surface area contributed by atoms with E-state index in [0.29, 0.717) is 6.04 Å². The Morgan fingerprint density at radius 1 is 0.947 bits per heavy atom. The number of hydrogen-bond donors (Lipinski definition) is 1. The van der Waals surface area contributed by atoms with Crippen molar-refractivity contribution in [3.8, 4) is 0 Å². The number of anilines is 1. The summed E-state index contributed by atoms with van der Waals surface area (Å²) in [5, 5.41) is 3.42. The van der Waals surface area contributed by atoms with Crippen molar-refractivity contribution >= 4 is 5.69 Å². The van der Waals surface area contributed by atoms with Crippen molar-refractivity contribution in [1.82, 2.24) is 10.2 Å². The lowest BCUT2D eigenvalue weighted by Gasteiger charge is -2.33. The van der Waals surface area contributed by atoms with Gasteiger partial charge in [-0.1, -0.05) is 12.1 Å². The van der Waals surface area contributed by atoms with Crippen molar-refractivity contribution in [2.45, 2.75) is 25.8 Å². The van der Waals surface area contributed by atoms with E-state index in [0.717, 1.165) is 26.2 Å². The monoisotopic (exact) mass is 259 g/mol. The summed E-state index contributed by atoms with van der Waals surface area (Å²) in [6.45, 7) is 9.35. The van der Waals surface area contributed by atoms with Crippen LogP contribution in [0.4, 0.5) is 5.69 Å². The predicted molar refractivity (Wildman–Crippen MR) is 80.7 cm³/mol. The summed E-state index contributed by atoms with van der Waals surface area (Å²) in [6.07, 6.45) is 2.69. The number of rotatable bonds is 3. The van der Waals surface area contributed by atoms with E-state index in [4.69, 9.17) is 0 Å². The van der Waals surface area contributed by atoms with Crippen LogP contribution in [-0.4, -0.2) is 44.2 Å². The van der Waals surface area contributed by atoms with Crippen LogP contribution in [0.2, 0.25) is 0 Å². The van der Waals surface area contributed by atoms with E-state index in [1.807, 2.05) is 0 Å². The normalized spacial score (nSPS) is 22.7. The van der Waals surface area contributed by atoms with Gasteiger partial charge in [0.15, 0.2) is 0 Å². The van der Waals surface area contributed by atoms with E-state index in [-0.39, 0.29) is 0 Å². The lowest BCUT2D eigenvalue weighted by Crippen LogP contribution is -2.44. The fraction of sp³-hybridized carbons (Fsp3) is 0.625. The molecule has 104 valence electrons. The first-order chi connectivity index (χ1) is 9.34. The Hall–Kier alpha value is -1.06. The SMILES string of the molecule is C[C@H](c1ccc(N2CCCC2)cc1)N1CCNCC1. The largest absolute Gasteiger partial charge is 0.372 e. The Kier molecular flexibility index (Phi) is 4.04. The predicted octanol–water partition coefficient (Wildman–Crippen LogP) is 2.25. The second-order valence-electron chi connectivity index (χ2n) is 5.75. The molecular formula is C16H25N3. The summed E-state index contributed by atoms with van der Waals surface area (Å²) in [4.78, 5) is 5.07. The molecule has 0 aromatic heterocycles. The Balaban J connectivity index is 1.67. The molecule has 1 aromatic rings. The number of benzene rings is 1. The van der Waals surface area contributed by atoms with Gasteiger partial charge < -0.3 is 10.2 Å². The number of piperazine rings is 1.